The fourth-order valence-corrected chi connectivity index (χ4v) is 6.44. The third kappa shape index (κ3) is 4.59. The van der Waals surface area contributed by atoms with E-state index in [9.17, 15) is 9.18 Å². The van der Waals surface area contributed by atoms with Crippen LogP contribution in [-0.2, 0) is 6.54 Å². The zero-order valence-corrected chi connectivity index (χ0v) is 22.6. The quantitative estimate of drug-likeness (QED) is 0.308. The van der Waals surface area contributed by atoms with Crippen molar-refractivity contribution < 1.29 is 13.5 Å². The Morgan fingerprint density at radius 1 is 1.18 bits per heavy atom. The van der Waals surface area contributed by atoms with Crippen molar-refractivity contribution in [1.82, 2.24) is 29.4 Å². The van der Waals surface area contributed by atoms with Gasteiger partial charge in [0, 0.05) is 51.9 Å². The number of furan rings is 1. The number of piperazine rings is 1. The molecule has 11 nitrogen and oxygen atoms in total. The van der Waals surface area contributed by atoms with Crippen LogP contribution in [-0.4, -0.2) is 76.0 Å². The first-order valence-electron chi connectivity index (χ1n) is 13.4. The molecule has 0 saturated carbocycles. The molecule has 0 bridgehead atoms. The number of benzene rings is 1. The summed E-state index contributed by atoms with van der Waals surface area (Å²) >= 11 is 1.14. The second-order valence-electron chi connectivity index (χ2n) is 10.1. The predicted octanol–water partition coefficient (Wildman–Crippen LogP) is 2.65. The lowest BCUT2D eigenvalue weighted by Crippen LogP contribution is -2.47. The molecule has 13 heteroatoms. The zero-order valence-electron chi connectivity index (χ0n) is 21.8. The van der Waals surface area contributed by atoms with E-state index in [0.717, 1.165) is 54.2 Å². The molecule has 6 heterocycles. The summed E-state index contributed by atoms with van der Waals surface area (Å²) in [4.78, 5) is 21.8. The number of thiazole rings is 1. The second-order valence-corrected chi connectivity index (χ2v) is 11.1. The van der Waals surface area contributed by atoms with Crippen LogP contribution in [0.2, 0.25) is 0 Å². The van der Waals surface area contributed by atoms with Crippen molar-refractivity contribution in [3.05, 3.63) is 58.1 Å². The van der Waals surface area contributed by atoms with Gasteiger partial charge in [-0.3, -0.25) is 14.3 Å². The summed E-state index contributed by atoms with van der Waals surface area (Å²) in [5.41, 5.74) is 8.73. The lowest BCUT2D eigenvalue weighted by molar-refractivity contribution is 0.222. The van der Waals surface area contributed by atoms with Crippen molar-refractivity contribution in [1.29, 1.82) is 0 Å². The summed E-state index contributed by atoms with van der Waals surface area (Å²) in [6, 6.07) is 10.6. The molecule has 0 spiro atoms. The fourth-order valence-electron chi connectivity index (χ4n) is 5.48. The van der Waals surface area contributed by atoms with Gasteiger partial charge in [0.25, 0.3) is 0 Å². The van der Waals surface area contributed by atoms with Crippen LogP contribution < -0.4 is 25.6 Å². The molecule has 208 valence electrons. The normalized spacial score (nSPS) is 18.3. The van der Waals surface area contributed by atoms with Gasteiger partial charge in [0.2, 0.25) is 5.95 Å². The molecule has 2 aliphatic heterocycles. The molecular weight excluding hydrogens is 535 g/mol. The van der Waals surface area contributed by atoms with Crippen molar-refractivity contribution in [2.24, 2.45) is 0 Å². The van der Waals surface area contributed by atoms with Gasteiger partial charge in [-0.2, -0.15) is 14.6 Å². The van der Waals surface area contributed by atoms with E-state index in [1.54, 1.807) is 21.4 Å². The van der Waals surface area contributed by atoms with Gasteiger partial charge < -0.3 is 25.1 Å². The Morgan fingerprint density at radius 2 is 2.05 bits per heavy atom. The monoisotopic (exact) mass is 564 g/mol. The number of fused-ring (bicyclic) bond motifs is 3. The SMILES string of the molecule is Nc1nc2c(sc(=O)n2CCN2CCN(c3ccc(OC4CCNC4)cc3F)CC2)c2cc(-c3ccco3)nn12. The fraction of sp³-hybridized carbons (Fsp3) is 0.370. The van der Waals surface area contributed by atoms with Crippen LogP contribution in [0, 0.1) is 5.82 Å². The molecule has 0 amide bonds. The van der Waals surface area contributed by atoms with Gasteiger partial charge in [-0.1, -0.05) is 11.3 Å². The largest absolute Gasteiger partial charge is 0.489 e. The Morgan fingerprint density at radius 3 is 2.80 bits per heavy atom. The number of nitrogen functional groups attached to an aromatic ring is 1. The second kappa shape index (κ2) is 10.2. The number of nitrogens with one attached hydrogen (secondary N) is 1. The third-order valence-corrected chi connectivity index (χ3v) is 8.60. The summed E-state index contributed by atoms with van der Waals surface area (Å²) in [7, 11) is 0. The number of aromatic nitrogens is 4. The number of ether oxygens (including phenoxy) is 1. The number of anilines is 2. The van der Waals surface area contributed by atoms with Crippen molar-refractivity contribution in [2.75, 3.05) is 56.4 Å². The minimum absolute atomic E-state index is 0.0906. The maximum atomic E-state index is 14.9. The number of halogens is 1. The molecule has 4 aromatic heterocycles. The topological polar surface area (TPSA) is 119 Å². The van der Waals surface area contributed by atoms with E-state index in [1.165, 1.54) is 6.07 Å². The van der Waals surface area contributed by atoms with Crippen LogP contribution >= 0.6 is 11.3 Å². The van der Waals surface area contributed by atoms with E-state index in [1.807, 2.05) is 24.3 Å². The highest BCUT2D eigenvalue weighted by Crippen LogP contribution is 2.29. The van der Waals surface area contributed by atoms with E-state index in [-0.39, 0.29) is 22.7 Å². The molecule has 2 saturated heterocycles. The molecule has 1 unspecified atom stereocenters. The van der Waals surface area contributed by atoms with Gasteiger partial charge in [0.1, 0.15) is 28.1 Å². The van der Waals surface area contributed by atoms with Gasteiger partial charge >= 0.3 is 4.87 Å². The molecule has 5 aromatic rings. The van der Waals surface area contributed by atoms with E-state index < -0.39 is 0 Å². The number of hydrogen-bond donors (Lipinski definition) is 2. The Kier molecular flexibility index (Phi) is 6.41. The van der Waals surface area contributed by atoms with E-state index in [2.05, 4.69) is 25.2 Å². The average molecular weight is 565 g/mol. The number of nitrogens with zero attached hydrogens (tertiary/aromatic N) is 6. The van der Waals surface area contributed by atoms with Gasteiger partial charge in [-0.05, 0) is 43.3 Å². The number of rotatable bonds is 7. The lowest BCUT2D eigenvalue weighted by atomic mass is 10.2. The van der Waals surface area contributed by atoms with Crippen LogP contribution in [0.15, 0.2) is 51.9 Å². The van der Waals surface area contributed by atoms with Gasteiger partial charge in [0.05, 0.1) is 17.5 Å². The number of nitrogens with two attached hydrogens (primary N) is 1. The molecule has 7 rings (SSSR count). The Bertz CT molecular complexity index is 1720. The van der Waals surface area contributed by atoms with E-state index in [4.69, 9.17) is 14.9 Å². The first kappa shape index (κ1) is 25.1. The summed E-state index contributed by atoms with van der Waals surface area (Å²) in [5.74, 6) is 1.13. The standard InChI is InChI=1S/C27H29FN8O3S/c28-19-14-17(39-18-5-6-30-16-18)3-4-21(19)34-10-7-33(8-11-34)9-12-35-25-24(40-27(35)37)22-15-20(23-2-1-13-38-23)32-36(22)26(29)31-25/h1-4,13-15,18,30H,5-12,16H2,(H2,29,31). The molecule has 3 N–H and O–H groups in total. The van der Waals surface area contributed by atoms with Crippen molar-refractivity contribution in [3.63, 3.8) is 0 Å². The lowest BCUT2D eigenvalue weighted by Gasteiger charge is -2.36. The van der Waals surface area contributed by atoms with Gasteiger partial charge in [-0.15, -0.1) is 0 Å². The Labute approximate surface area is 232 Å². The van der Waals surface area contributed by atoms with E-state index in [0.29, 0.717) is 54.7 Å². The molecule has 1 aromatic carbocycles. The predicted molar refractivity (Wildman–Crippen MR) is 152 cm³/mol. The average Bonchev–Trinajstić information content (AvgIpc) is 3.76. The molecule has 0 aliphatic carbocycles. The van der Waals surface area contributed by atoms with Crippen LogP contribution in [0.4, 0.5) is 16.0 Å². The highest BCUT2D eigenvalue weighted by Gasteiger charge is 2.23. The minimum atomic E-state index is -0.266. The first-order valence-corrected chi connectivity index (χ1v) is 14.2. The van der Waals surface area contributed by atoms with Gasteiger partial charge in [0.15, 0.2) is 11.4 Å². The zero-order chi connectivity index (χ0) is 27.2. The highest BCUT2D eigenvalue weighted by atomic mass is 32.1. The van der Waals surface area contributed by atoms with Crippen LogP contribution in [0.25, 0.3) is 27.3 Å². The summed E-state index contributed by atoms with van der Waals surface area (Å²) in [6.07, 6.45) is 2.61. The molecule has 2 aliphatic rings. The molecule has 0 radical (unpaired) electrons. The van der Waals surface area contributed by atoms with Crippen LogP contribution in [0.5, 0.6) is 5.75 Å². The Balaban J connectivity index is 1.02. The summed E-state index contributed by atoms with van der Waals surface area (Å²) in [6.45, 7) is 5.79. The first-order chi connectivity index (χ1) is 19.5. The molecule has 1 atom stereocenters. The minimum Gasteiger partial charge on any atom is -0.489 e. The smallest absolute Gasteiger partial charge is 0.309 e. The number of hydrogen-bond acceptors (Lipinski definition) is 10. The van der Waals surface area contributed by atoms with Crippen LogP contribution in [0.1, 0.15) is 6.42 Å². The van der Waals surface area contributed by atoms with Crippen molar-refractivity contribution >= 4 is 38.8 Å². The van der Waals surface area contributed by atoms with Crippen molar-refractivity contribution in [2.45, 2.75) is 19.1 Å². The van der Waals surface area contributed by atoms with Crippen LogP contribution in [0.3, 0.4) is 0 Å². The van der Waals surface area contributed by atoms with Crippen molar-refractivity contribution in [3.8, 4) is 17.2 Å². The van der Waals surface area contributed by atoms with Gasteiger partial charge in [-0.25, -0.2) is 4.39 Å². The highest BCUT2D eigenvalue weighted by molar-refractivity contribution is 7.17. The third-order valence-electron chi connectivity index (χ3n) is 7.61. The summed E-state index contributed by atoms with van der Waals surface area (Å²) < 4.78 is 30.3. The summed E-state index contributed by atoms with van der Waals surface area (Å²) in [5, 5.41) is 7.77. The maximum absolute atomic E-state index is 14.9. The maximum Gasteiger partial charge on any atom is 0.309 e. The molecule has 2 fully saturated rings. The Hall–Kier alpha value is -3.94. The molecule has 40 heavy (non-hydrogen) atoms. The molecular formula is C27H29FN8O3S. The van der Waals surface area contributed by atoms with E-state index >= 15 is 0 Å².